The highest BCUT2D eigenvalue weighted by Crippen LogP contribution is 2.30. The van der Waals surface area contributed by atoms with E-state index in [0.717, 1.165) is 13.0 Å². The first-order valence-electron chi connectivity index (χ1n) is 6.16. The minimum atomic E-state index is -0.770. The maximum Gasteiger partial charge on any atom is 0.306 e. The third kappa shape index (κ3) is 4.73. The van der Waals surface area contributed by atoms with Crippen molar-refractivity contribution < 1.29 is 14.7 Å². The van der Waals surface area contributed by atoms with Crippen LogP contribution in [0.4, 0.5) is 0 Å². The van der Waals surface area contributed by atoms with Crippen LogP contribution in [0.15, 0.2) is 0 Å². The lowest BCUT2D eigenvalue weighted by Crippen LogP contribution is -2.32. The number of carbonyl (C=O) groups is 2. The average molecular weight is 242 g/mol. The van der Waals surface area contributed by atoms with Crippen LogP contribution in [0.3, 0.4) is 0 Å². The minimum absolute atomic E-state index is 0.0208. The predicted octanol–water partition coefficient (Wildman–Crippen LogP) is 0.555. The number of amides is 1. The zero-order valence-electron chi connectivity index (χ0n) is 10.6. The summed E-state index contributed by atoms with van der Waals surface area (Å²) in [5.74, 6) is -1.18. The highest BCUT2D eigenvalue weighted by molar-refractivity contribution is 5.80. The molecule has 17 heavy (non-hydrogen) atoms. The van der Waals surface area contributed by atoms with Gasteiger partial charge in [-0.3, -0.25) is 9.59 Å². The number of aliphatic carboxylic acids is 1. The number of hydrogen-bond acceptors (Lipinski definition) is 3. The summed E-state index contributed by atoms with van der Waals surface area (Å²) in [5, 5.41) is 11.7. The van der Waals surface area contributed by atoms with E-state index in [1.54, 1.807) is 0 Å². The third-order valence-corrected chi connectivity index (χ3v) is 3.23. The van der Waals surface area contributed by atoms with Gasteiger partial charge >= 0.3 is 5.97 Å². The summed E-state index contributed by atoms with van der Waals surface area (Å²) < 4.78 is 0. The Morgan fingerprint density at radius 2 is 1.94 bits per heavy atom. The van der Waals surface area contributed by atoms with Gasteiger partial charge in [0.15, 0.2) is 0 Å². The van der Waals surface area contributed by atoms with E-state index in [1.165, 1.54) is 0 Å². The van der Waals surface area contributed by atoms with Crippen molar-refractivity contribution in [3.63, 3.8) is 0 Å². The molecule has 1 aliphatic rings. The lowest BCUT2D eigenvalue weighted by Gasteiger charge is -2.12. The molecule has 0 saturated heterocycles. The number of carbonyl (C=O) groups excluding carboxylic acids is 1. The maximum atomic E-state index is 11.7. The summed E-state index contributed by atoms with van der Waals surface area (Å²) in [6.07, 6.45) is 2.75. The molecule has 1 fully saturated rings. The Morgan fingerprint density at radius 3 is 2.47 bits per heavy atom. The van der Waals surface area contributed by atoms with E-state index in [0.29, 0.717) is 25.8 Å². The number of carboxylic acid groups (broad SMARTS) is 1. The minimum Gasteiger partial charge on any atom is -0.481 e. The molecule has 1 rings (SSSR count). The summed E-state index contributed by atoms with van der Waals surface area (Å²) >= 11 is 0. The molecular weight excluding hydrogens is 220 g/mol. The van der Waals surface area contributed by atoms with E-state index in [9.17, 15) is 9.59 Å². The third-order valence-electron chi connectivity index (χ3n) is 3.23. The molecule has 98 valence electrons. The number of hydrogen-bond donors (Lipinski definition) is 2. The van der Waals surface area contributed by atoms with Gasteiger partial charge in [0, 0.05) is 12.5 Å². The van der Waals surface area contributed by atoms with Crippen LogP contribution in [0.1, 0.15) is 25.7 Å². The molecule has 2 N–H and O–H groups in total. The van der Waals surface area contributed by atoms with Gasteiger partial charge < -0.3 is 15.3 Å². The van der Waals surface area contributed by atoms with Gasteiger partial charge in [-0.2, -0.15) is 0 Å². The highest BCUT2D eigenvalue weighted by Gasteiger charge is 2.33. The highest BCUT2D eigenvalue weighted by atomic mass is 16.4. The quantitative estimate of drug-likeness (QED) is 0.668. The van der Waals surface area contributed by atoms with Gasteiger partial charge in [0.25, 0.3) is 0 Å². The van der Waals surface area contributed by atoms with Crippen LogP contribution in [-0.2, 0) is 9.59 Å². The molecule has 0 heterocycles. The molecule has 2 atom stereocenters. The van der Waals surface area contributed by atoms with Gasteiger partial charge in [0.05, 0.1) is 5.92 Å². The van der Waals surface area contributed by atoms with Crippen molar-refractivity contribution in [1.29, 1.82) is 0 Å². The number of nitrogens with zero attached hydrogens (tertiary/aromatic N) is 1. The Morgan fingerprint density at radius 1 is 1.29 bits per heavy atom. The summed E-state index contributed by atoms with van der Waals surface area (Å²) in [6.45, 7) is 1.62. The number of rotatable bonds is 6. The number of nitrogens with one attached hydrogen (secondary N) is 1. The molecule has 0 aromatic carbocycles. The van der Waals surface area contributed by atoms with Gasteiger partial charge in [-0.05, 0) is 46.3 Å². The lowest BCUT2D eigenvalue weighted by atomic mass is 10.0. The molecule has 0 aromatic heterocycles. The molecule has 1 saturated carbocycles. The van der Waals surface area contributed by atoms with Gasteiger partial charge in [-0.25, -0.2) is 0 Å². The van der Waals surface area contributed by atoms with E-state index in [1.807, 2.05) is 14.1 Å². The molecule has 5 heteroatoms. The lowest BCUT2D eigenvalue weighted by molar-refractivity contribution is -0.141. The summed E-state index contributed by atoms with van der Waals surface area (Å²) in [6, 6.07) is 0. The first-order chi connectivity index (χ1) is 8.00. The summed E-state index contributed by atoms with van der Waals surface area (Å²) in [4.78, 5) is 24.6. The van der Waals surface area contributed by atoms with Crippen molar-refractivity contribution in [1.82, 2.24) is 10.2 Å². The summed E-state index contributed by atoms with van der Waals surface area (Å²) in [7, 11) is 3.99. The van der Waals surface area contributed by atoms with E-state index >= 15 is 0 Å². The second-order valence-corrected chi connectivity index (χ2v) is 4.99. The van der Waals surface area contributed by atoms with Gasteiger partial charge in [0.1, 0.15) is 0 Å². The SMILES string of the molecule is CN(C)CCCNC(=O)[C@@H]1CC[C@H](C(=O)O)C1. The zero-order valence-corrected chi connectivity index (χ0v) is 10.6. The fourth-order valence-electron chi connectivity index (χ4n) is 2.20. The standard InChI is InChI=1S/C12H22N2O3/c1-14(2)7-3-6-13-11(15)9-4-5-10(8-9)12(16)17/h9-10H,3-8H2,1-2H3,(H,13,15)(H,16,17)/t9-,10+/m1/s1. The second-order valence-electron chi connectivity index (χ2n) is 4.99. The van der Waals surface area contributed by atoms with Crippen LogP contribution < -0.4 is 5.32 Å². The van der Waals surface area contributed by atoms with E-state index < -0.39 is 5.97 Å². The Bertz CT molecular complexity index is 279. The molecule has 0 radical (unpaired) electrons. The van der Waals surface area contributed by atoms with Crippen LogP contribution in [0, 0.1) is 11.8 Å². The monoisotopic (exact) mass is 242 g/mol. The van der Waals surface area contributed by atoms with Crippen molar-refractivity contribution >= 4 is 11.9 Å². The normalized spacial score (nSPS) is 23.9. The fraction of sp³-hybridized carbons (Fsp3) is 0.833. The van der Waals surface area contributed by atoms with Gasteiger partial charge in [0.2, 0.25) is 5.91 Å². The van der Waals surface area contributed by atoms with Crippen molar-refractivity contribution in [3.05, 3.63) is 0 Å². The van der Waals surface area contributed by atoms with Crippen molar-refractivity contribution in [2.75, 3.05) is 27.2 Å². The maximum absolute atomic E-state index is 11.7. The second kappa shape index (κ2) is 6.59. The van der Waals surface area contributed by atoms with Gasteiger partial charge in [-0.1, -0.05) is 0 Å². The largest absolute Gasteiger partial charge is 0.481 e. The van der Waals surface area contributed by atoms with Crippen LogP contribution in [0.2, 0.25) is 0 Å². The molecule has 0 spiro atoms. The predicted molar refractivity (Wildman–Crippen MR) is 64.6 cm³/mol. The molecule has 0 aliphatic heterocycles. The van der Waals surface area contributed by atoms with E-state index in [-0.39, 0.29) is 17.7 Å². The molecule has 1 aliphatic carbocycles. The zero-order chi connectivity index (χ0) is 12.8. The molecule has 0 aromatic rings. The Hall–Kier alpha value is -1.10. The van der Waals surface area contributed by atoms with Crippen LogP contribution in [-0.4, -0.2) is 49.1 Å². The van der Waals surface area contributed by atoms with Crippen molar-refractivity contribution in [3.8, 4) is 0 Å². The van der Waals surface area contributed by atoms with E-state index in [2.05, 4.69) is 10.2 Å². The summed E-state index contributed by atoms with van der Waals surface area (Å²) in [5.41, 5.74) is 0. The van der Waals surface area contributed by atoms with E-state index in [4.69, 9.17) is 5.11 Å². The molecule has 1 amide bonds. The Kier molecular flexibility index (Phi) is 5.41. The smallest absolute Gasteiger partial charge is 0.306 e. The molecule has 5 nitrogen and oxygen atoms in total. The number of carboxylic acids is 1. The molecule has 0 bridgehead atoms. The molecule has 0 unspecified atom stereocenters. The average Bonchev–Trinajstić information content (AvgIpc) is 2.73. The van der Waals surface area contributed by atoms with Gasteiger partial charge in [-0.15, -0.1) is 0 Å². The Labute approximate surface area is 102 Å². The van der Waals surface area contributed by atoms with Crippen molar-refractivity contribution in [2.24, 2.45) is 11.8 Å². The van der Waals surface area contributed by atoms with Crippen molar-refractivity contribution in [2.45, 2.75) is 25.7 Å². The van der Waals surface area contributed by atoms with Crippen LogP contribution in [0.25, 0.3) is 0 Å². The first kappa shape index (κ1) is 14.0. The topological polar surface area (TPSA) is 69.6 Å². The molecular formula is C12H22N2O3. The van der Waals surface area contributed by atoms with Crippen LogP contribution >= 0.6 is 0 Å². The van der Waals surface area contributed by atoms with Crippen LogP contribution in [0.5, 0.6) is 0 Å². The fourth-order valence-corrected chi connectivity index (χ4v) is 2.20. The first-order valence-corrected chi connectivity index (χ1v) is 6.16. The Balaban J connectivity index is 2.19.